The lowest BCUT2D eigenvalue weighted by Crippen LogP contribution is -2.26. The van der Waals surface area contributed by atoms with E-state index in [-0.39, 0.29) is 5.91 Å². The lowest BCUT2D eigenvalue weighted by molar-refractivity contribution is 0.0273. The van der Waals surface area contributed by atoms with Gasteiger partial charge in [-0.25, -0.2) is 4.98 Å². The van der Waals surface area contributed by atoms with Crippen LogP contribution in [0.2, 0.25) is 0 Å². The summed E-state index contributed by atoms with van der Waals surface area (Å²) in [6.45, 7) is 1.36. The number of aromatic nitrogens is 2. The van der Waals surface area contributed by atoms with Gasteiger partial charge in [-0.1, -0.05) is 31.4 Å². The van der Waals surface area contributed by atoms with E-state index in [0.29, 0.717) is 18.2 Å². The highest BCUT2D eigenvalue weighted by Gasteiger charge is 2.13. The maximum Gasteiger partial charge on any atom is 0.251 e. The Labute approximate surface area is 165 Å². The summed E-state index contributed by atoms with van der Waals surface area (Å²) in [7, 11) is 0. The summed E-state index contributed by atoms with van der Waals surface area (Å²) in [5, 5.41) is 2.98. The molecule has 1 aromatic heterocycles. The van der Waals surface area contributed by atoms with Crippen molar-refractivity contribution in [1.82, 2.24) is 14.9 Å². The van der Waals surface area contributed by atoms with E-state index in [1.54, 1.807) is 0 Å². The number of nitrogens with zero attached hydrogens (tertiary/aromatic N) is 2. The molecule has 146 valence electrons. The van der Waals surface area contributed by atoms with Crippen molar-refractivity contribution in [2.75, 3.05) is 13.2 Å². The van der Waals surface area contributed by atoms with Gasteiger partial charge in [0, 0.05) is 24.4 Å². The normalized spacial score (nSPS) is 15.0. The van der Waals surface area contributed by atoms with Gasteiger partial charge < -0.3 is 10.1 Å². The molecule has 5 nitrogen and oxygen atoms in total. The SMILES string of the molecule is O=C(NCCCOC1CCCCC1)c1ccc(-n2cnc3ccccc32)cc1. The van der Waals surface area contributed by atoms with Crippen LogP contribution in [0.5, 0.6) is 0 Å². The van der Waals surface area contributed by atoms with Gasteiger partial charge in [0.2, 0.25) is 0 Å². The van der Waals surface area contributed by atoms with Gasteiger partial charge in [0.25, 0.3) is 5.91 Å². The molecule has 1 aliphatic rings. The van der Waals surface area contributed by atoms with Gasteiger partial charge in [-0.05, 0) is 55.7 Å². The van der Waals surface area contributed by atoms with Gasteiger partial charge in [-0.3, -0.25) is 9.36 Å². The van der Waals surface area contributed by atoms with Crippen molar-refractivity contribution in [1.29, 1.82) is 0 Å². The summed E-state index contributed by atoms with van der Waals surface area (Å²) in [4.78, 5) is 16.8. The molecule has 2 aromatic carbocycles. The van der Waals surface area contributed by atoms with Crippen LogP contribution in [0.15, 0.2) is 54.9 Å². The summed E-state index contributed by atoms with van der Waals surface area (Å²) < 4.78 is 7.93. The molecule has 4 rings (SSSR count). The van der Waals surface area contributed by atoms with Crippen LogP contribution in [0.4, 0.5) is 0 Å². The molecule has 1 amide bonds. The smallest absolute Gasteiger partial charge is 0.251 e. The van der Waals surface area contributed by atoms with Crippen LogP contribution in [-0.4, -0.2) is 34.7 Å². The molecule has 1 aliphatic carbocycles. The second-order valence-electron chi connectivity index (χ2n) is 7.39. The van der Waals surface area contributed by atoms with Crippen LogP contribution in [0.3, 0.4) is 0 Å². The number of para-hydroxylation sites is 2. The van der Waals surface area contributed by atoms with Gasteiger partial charge in [-0.15, -0.1) is 0 Å². The first kappa shape index (κ1) is 18.7. The molecule has 28 heavy (non-hydrogen) atoms. The first-order valence-corrected chi connectivity index (χ1v) is 10.2. The van der Waals surface area contributed by atoms with Crippen LogP contribution in [0, 0.1) is 0 Å². The van der Waals surface area contributed by atoms with Gasteiger partial charge in [0.05, 0.1) is 17.1 Å². The number of amides is 1. The van der Waals surface area contributed by atoms with Crippen molar-refractivity contribution in [3.8, 4) is 5.69 Å². The van der Waals surface area contributed by atoms with E-state index in [1.807, 2.05) is 59.4 Å². The number of carbonyl (C=O) groups excluding carboxylic acids is 1. The Morgan fingerprint density at radius 3 is 2.68 bits per heavy atom. The number of ether oxygens (including phenoxy) is 1. The van der Waals surface area contributed by atoms with Crippen LogP contribution >= 0.6 is 0 Å². The molecule has 1 N–H and O–H groups in total. The minimum absolute atomic E-state index is 0.0419. The van der Waals surface area contributed by atoms with Crippen LogP contribution < -0.4 is 5.32 Å². The first-order chi connectivity index (χ1) is 13.8. The maximum absolute atomic E-state index is 12.3. The number of nitrogens with one attached hydrogen (secondary N) is 1. The number of fused-ring (bicyclic) bond motifs is 1. The summed E-state index contributed by atoms with van der Waals surface area (Å²) in [5.41, 5.74) is 3.67. The van der Waals surface area contributed by atoms with Gasteiger partial charge >= 0.3 is 0 Å². The molecule has 0 atom stereocenters. The molecule has 0 saturated heterocycles. The monoisotopic (exact) mass is 377 g/mol. The Bertz CT molecular complexity index is 911. The lowest BCUT2D eigenvalue weighted by Gasteiger charge is -2.21. The molecule has 0 radical (unpaired) electrons. The fourth-order valence-corrected chi connectivity index (χ4v) is 3.80. The highest BCUT2D eigenvalue weighted by atomic mass is 16.5. The highest BCUT2D eigenvalue weighted by molar-refractivity contribution is 5.94. The predicted octanol–water partition coefficient (Wildman–Crippen LogP) is 4.49. The van der Waals surface area contributed by atoms with Crippen LogP contribution in [0.25, 0.3) is 16.7 Å². The van der Waals surface area contributed by atoms with Crippen molar-refractivity contribution in [3.63, 3.8) is 0 Å². The molecule has 5 heteroatoms. The number of imidazole rings is 1. The van der Waals surface area contributed by atoms with Gasteiger partial charge in [0.15, 0.2) is 0 Å². The minimum atomic E-state index is -0.0419. The average molecular weight is 377 g/mol. The molecule has 1 saturated carbocycles. The fourth-order valence-electron chi connectivity index (χ4n) is 3.80. The third kappa shape index (κ3) is 4.42. The number of hydrogen-bond acceptors (Lipinski definition) is 3. The number of rotatable bonds is 7. The second-order valence-corrected chi connectivity index (χ2v) is 7.39. The minimum Gasteiger partial charge on any atom is -0.378 e. The van der Waals surface area contributed by atoms with Crippen LogP contribution in [0.1, 0.15) is 48.9 Å². The van der Waals surface area contributed by atoms with Gasteiger partial charge in [-0.2, -0.15) is 0 Å². The standard InChI is InChI=1S/C23H27N3O2/c27-23(24-15-6-16-28-20-7-2-1-3-8-20)18-11-13-19(14-12-18)26-17-25-21-9-4-5-10-22(21)26/h4-5,9-14,17,20H,1-3,6-8,15-16H2,(H,24,27). The number of carbonyl (C=O) groups is 1. The zero-order valence-corrected chi connectivity index (χ0v) is 16.1. The molecule has 3 aromatic rings. The maximum atomic E-state index is 12.3. The fraction of sp³-hybridized carbons (Fsp3) is 0.391. The Morgan fingerprint density at radius 1 is 1.07 bits per heavy atom. The molecule has 1 fully saturated rings. The van der Waals surface area contributed by atoms with Crippen molar-refractivity contribution in [2.45, 2.75) is 44.6 Å². The van der Waals surface area contributed by atoms with E-state index in [0.717, 1.165) is 29.7 Å². The first-order valence-electron chi connectivity index (χ1n) is 10.2. The molecule has 0 unspecified atom stereocenters. The molecule has 0 aliphatic heterocycles. The zero-order valence-electron chi connectivity index (χ0n) is 16.1. The van der Waals surface area contributed by atoms with Crippen molar-refractivity contribution in [2.24, 2.45) is 0 Å². The van der Waals surface area contributed by atoms with E-state index < -0.39 is 0 Å². The third-order valence-electron chi connectivity index (χ3n) is 5.37. The Hall–Kier alpha value is -2.66. The van der Waals surface area contributed by atoms with E-state index in [1.165, 1.54) is 32.1 Å². The third-order valence-corrected chi connectivity index (χ3v) is 5.37. The molecule has 1 heterocycles. The lowest BCUT2D eigenvalue weighted by atomic mass is 9.98. The van der Waals surface area contributed by atoms with Crippen molar-refractivity contribution in [3.05, 3.63) is 60.4 Å². The highest BCUT2D eigenvalue weighted by Crippen LogP contribution is 2.20. The quantitative estimate of drug-likeness (QED) is 0.617. The van der Waals surface area contributed by atoms with E-state index >= 15 is 0 Å². The largest absolute Gasteiger partial charge is 0.378 e. The molecular formula is C23H27N3O2. The Balaban J connectivity index is 1.27. The molecule has 0 spiro atoms. The summed E-state index contributed by atoms with van der Waals surface area (Å²) in [5.74, 6) is -0.0419. The summed E-state index contributed by atoms with van der Waals surface area (Å²) in [6.07, 6.45) is 9.37. The van der Waals surface area contributed by atoms with Crippen LogP contribution in [-0.2, 0) is 4.74 Å². The van der Waals surface area contributed by atoms with E-state index in [9.17, 15) is 4.79 Å². The Kier molecular flexibility index (Phi) is 6.02. The van der Waals surface area contributed by atoms with Crippen molar-refractivity contribution >= 4 is 16.9 Å². The number of benzene rings is 2. The topological polar surface area (TPSA) is 56.1 Å². The average Bonchev–Trinajstić information content (AvgIpc) is 3.18. The van der Waals surface area contributed by atoms with E-state index in [4.69, 9.17) is 4.74 Å². The predicted molar refractivity (Wildman–Crippen MR) is 111 cm³/mol. The zero-order chi connectivity index (χ0) is 19.2. The van der Waals surface area contributed by atoms with E-state index in [2.05, 4.69) is 10.3 Å². The van der Waals surface area contributed by atoms with Gasteiger partial charge in [0.1, 0.15) is 6.33 Å². The molecule has 0 bridgehead atoms. The summed E-state index contributed by atoms with van der Waals surface area (Å²) in [6, 6.07) is 15.6. The Morgan fingerprint density at radius 2 is 1.86 bits per heavy atom. The second kappa shape index (κ2) is 9.02. The van der Waals surface area contributed by atoms with Crippen molar-refractivity contribution < 1.29 is 9.53 Å². The summed E-state index contributed by atoms with van der Waals surface area (Å²) >= 11 is 0. The molecular weight excluding hydrogens is 350 g/mol. The number of hydrogen-bond donors (Lipinski definition) is 1.